The van der Waals surface area contributed by atoms with E-state index < -0.39 is 38.0 Å². The second-order valence-electron chi connectivity index (χ2n) is 3.65. The topological polar surface area (TPSA) is 118 Å². The van der Waals surface area contributed by atoms with Crippen LogP contribution in [0, 0.1) is 10.1 Å². The average molecular weight is 322 g/mol. The number of carbonyl (C=O) groups is 1. The quantitative estimate of drug-likeness (QED) is 0.589. The molecule has 2 N–H and O–H groups in total. The van der Waals surface area contributed by atoms with Gasteiger partial charge in [-0.3, -0.25) is 14.9 Å². The number of hydrogen-bond acceptors (Lipinski definition) is 5. The maximum absolute atomic E-state index is 11.9. The standard InChI is InChI=1S/C10H12ClN3O5S/c1-2-12-10(15)6-13-20(18,19)9-5-7(14(16)17)3-4-8(9)11/h3-5,13H,2,6H2,1H3,(H,12,15). The van der Waals surface area contributed by atoms with Gasteiger partial charge in [0.25, 0.3) is 5.69 Å². The Morgan fingerprint density at radius 3 is 2.65 bits per heavy atom. The first kappa shape index (κ1) is 16.3. The van der Waals surface area contributed by atoms with E-state index >= 15 is 0 Å². The zero-order chi connectivity index (χ0) is 15.3. The number of nitrogens with zero attached hydrogens (tertiary/aromatic N) is 1. The van der Waals surface area contributed by atoms with Crippen LogP contribution in [0.4, 0.5) is 5.69 Å². The summed E-state index contributed by atoms with van der Waals surface area (Å²) in [5, 5.41) is 12.9. The molecule has 0 spiro atoms. The second-order valence-corrected chi connectivity index (χ2v) is 5.79. The molecule has 8 nitrogen and oxygen atoms in total. The van der Waals surface area contributed by atoms with Gasteiger partial charge in [-0.2, -0.15) is 0 Å². The molecule has 20 heavy (non-hydrogen) atoms. The third kappa shape index (κ3) is 4.15. The Hall–Kier alpha value is -1.71. The Kier molecular flexibility index (Phi) is 5.43. The molecule has 110 valence electrons. The van der Waals surface area contributed by atoms with Gasteiger partial charge in [0.2, 0.25) is 15.9 Å². The van der Waals surface area contributed by atoms with Crippen molar-refractivity contribution in [3.05, 3.63) is 33.3 Å². The summed E-state index contributed by atoms with van der Waals surface area (Å²) in [6.07, 6.45) is 0. The Balaban J connectivity index is 3.00. The highest BCUT2D eigenvalue weighted by atomic mass is 35.5. The number of benzene rings is 1. The normalized spacial score (nSPS) is 11.1. The predicted molar refractivity (Wildman–Crippen MR) is 72.0 cm³/mol. The Bertz CT molecular complexity index is 632. The van der Waals surface area contributed by atoms with Crippen molar-refractivity contribution in [2.75, 3.05) is 13.1 Å². The fourth-order valence-corrected chi connectivity index (χ4v) is 2.81. The largest absolute Gasteiger partial charge is 0.355 e. The predicted octanol–water partition coefficient (Wildman–Crippen LogP) is 0.663. The van der Waals surface area contributed by atoms with Gasteiger partial charge in [-0.1, -0.05) is 11.6 Å². The van der Waals surface area contributed by atoms with Gasteiger partial charge in [0, 0.05) is 18.7 Å². The van der Waals surface area contributed by atoms with Crippen molar-refractivity contribution in [1.29, 1.82) is 0 Å². The summed E-state index contributed by atoms with van der Waals surface area (Å²) in [5.74, 6) is -0.516. The highest BCUT2D eigenvalue weighted by Gasteiger charge is 2.22. The molecule has 0 bridgehead atoms. The number of hydrogen-bond donors (Lipinski definition) is 2. The molecule has 0 aliphatic carbocycles. The molecule has 0 aromatic heterocycles. The number of likely N-dealkylation sites (N-methyl/N-ethyl adjacent to an activating group) is 1. The van der Waals surface area contributed by atoms with Crippen LogP contribution < -0.4 is 10.0 Å². The van der Waals surface area contributed by atoms with E-state index in [2.05, 4.69) is 5.32 Å². The molecule has 0 radical (unpaired) electrons. The van der Waals surface area contributed by atoms with Crippen molar-refractivity contribution in [1.82, 2.24) is 10.0 Å². The van der Waals surface area contributed by atoms with Crippen LogP contribution in [0.1, 0.15) is 6.92 Å². The van der Waals surface area contributed by atoms with E-state index in [1.807, 2.05) is 4.72 Å². The molecule has 0 aliphatic heterocycles. The van der Waals surface area contributed by atoms with Crippen molar-refractivity contribution in [2.45, 2.75) is 11.8 Å². The summed E-state index contributed by atoms with van der Waals surface area (Å²) in [5.41, 5.74) is -0.409. The first-order valence-electron chi connectivity index (χ1n) is 5.48. The van der Waals surface area contributed by atoms with E-state index in [1.54, 1.807) is 6.92 Å². The van der Waals surface area contributed by atoms with Crippen molar-refractivity contribution in [3.8, 4) is 0 Å². The Morgan fingerprint density at radius 1 is 1.45 bits per heavy atom. The first-order valence-corrected chi connectivity index (χ1v) is 7.34. The van der Waals surface area contributed by atoms with E-state index in [9.17, 15) is 23.3 Å². The Morgan fingerprint density at radius 2 is 2.10 bits per heavy atom. The molecule has 0 aliphatic rings. The number of rotatable bonds is 6. The number of non-ortho nitro benzene ring substituents is 1. The van der Waals surface area contributed by atoms with Gasteiger partial charge in [-0.15, -0.1) is 0 Å². The van der Waals surface area contributed by atoms with Crippen LogP contribution in [0.15, 0.2) is 23.1 Å². The van der Waals surface area contributed by atoms with Crippen LogP contribution in [-0.2, 0) is 14.8 Å². The zero-order valence-electron chi connectivity index (χ0n) is 10.4. The Labute approximate surface area is 120 Å². The van der Waals surface area contributed by atoms with Crippen molar-refractivity contribution in [3.63, 3.8) is 0 Å². The van der Waals surface area contributed by atoms with Crippen LogP contribution in [0.5, 0.6) is 0 Å². The zero-order valence-corrected chi connectivity index (χ0v) is 12.0. The summed E-state index contributed by atoms with van der Waals surface area (Å²) in [6, 6.07) is 3.04. The van der Waals surface area contributed by atoms with Crippen LogP contribution in [-0.4, -0.2) is 32.3 Å². The third-order valence-electron chi connectivity index (χ3n) is 2.21. The lowest BCUT2D eigenvalue weighted by Gasteiger charge is -2.08. The van der Waals surface area contributed by atoms with Gasteiger partial charge in [0.05, 0.1) is 16.5 Å². The lowest BCUT2D eigenvalue weighted by Crippen LogP contribution is -2.36. The highest BCUT2D eigenvalue weighted by Crippen LogP contribution is 2.25. The summed E-state index contributed by atoms with van der Waals surface area (Å²) in [7, 11) is -4.11. The molecular weight excluding hydrogens is 310 g/mol. The van der Waals surface area contributed by atoms with Crippen molar-refractivity contribution >= 4 is 33.2 Å². The van der Waals surface area contributed by atoms with E-state index in [4.69, 9.17) is 11.6 Å². The molecule has 1 amide bonds. The lowest BCUT2D eigenvalue weighted by molar-refractivity contribution is -0.385. The number of nitrogens with one attached hydrogen (secondary N) is 2. The average Bonchev–Trinajstić information content (AvgIpc) is 2.37. The van der Waals surface area contributed by atoms with Crippen LogP contribution >= 0.6 is 11.6 Å². The van der Waals surface area contributed by atoms with E-state index in [-0.39, 0.29) is 5.02 Å². The smallest absolute Gasteiger partial charge is 0.270 e. The fraction of sp³-hybridized carbons (Fsp3) is 0.300. The number of halogens is 1. The van der Waals surface area contributed by atoms with Crippen LogP contribution in [0.25, 0.3) is 0 Å². The summed E-state index contributed by atoms with van der Waals surface area (Å²) >= 11 is 5.72. The maximum atomic E-state index is 11.9. The number of sulfonamides is 1. The van der Waals surface area contributed by atoms with Gasteiger partial charge in [-0.05, 0) is 13.0 Å². The second kappa shape index (κ2) is 6.64. The van der Waals surface area contributed by atoms with Gasteiger partial charge in [0.1, 0.15) is 4.90 Å². The number of nitro groups is 1. The molecule has 10 heteroatoms. The van der Waals surface area contributed by atoms with E-state index in [0.717, 1.165) is 18.2 Å². The van der Waals surface area contributed by atoms with Crippen molar-refractivity contribution < 1.29 is 18.1 Å². The fourth-order valence-electron chi connectivity index (χ4n) is 1.31. The van der Waals surface area contributed by atoms with E-state index in [1.165, 1.54) is 0 Å². The van der Waals surface area contributed by atoms with Gasteiger partial charge < -0.3 is 5.32 Å². The van der Waals surface area contributed by atoms with Gasteiger partial charge >= 0.3 is 0 Å². The van der Waals surface area contributed by atoms with Gasteiger partial charge in [-0.25, -0.2) is 13.1 Å². The molecule has 1 rings (SSSR count). The number of nitro benzene ring substituents is 1. The minimum Gasteiger partial charge on any atom is -0.355 e. The lowest BCUT2D eigenvalue weighted by atomic mass is 10.3. The van der Waals surface area contributed by atoms with Crippen molar-refractivity contribution in [2.24, 2.45) is 0 Å². The van der Waals surface area contributed by atoms with Crippen LogP contribution in [0.3, 0.4) is 0 Å². The minimum atomic E-state index is -4.11. The summed E-state index contributed by atoms with van der Waals surface area (Å²) in [4.78, 5) is 20.6. The monoisotopic (exact) mass is 321 g/mol. The molecule has 1 aromatic rings. The van der Waals surface area contributed by atoms with Gasteiger partial charge in [0.15, 0.2) is 0 Å². The summed E-state index contributed by atoms with van der Waals surface area (Å²) < 4.78 is 25.9. The van der Waals surface area contributed by atoms with E-state index in [0.29, 0.717) is 6.54 Å². The molecule has 1 aromatic carbocycles. The minimum absolute atomic E-state index is 0.168. The molecule has 0 fully saturated rings. The molecular formula is C10H12ClN3O5S. The first-order chi connectivity index (χ1) is 9.27. The highest BCUT2D eigenvalue weighted by molar-refractivity contribution is 7.89. The molecule has 0 heterocycles. The molecule has 0 unspecified atom stereocenters. The number of amides is 1. The third-order valence-corrected chi connectivity index (χ3v) is 4.09. The summed E-state index contributed by atoms with van der Waals surface area (Å²) in [6.45, 7) is 1.57. The number of carbonyl (C=O) groups excluding carboxylic acids is 1. The molecule has 0 saturated carbocycles. The molecule has 0 saturated heterocycles. The maximum Gasteiger partial charge on any atom is 0.270 e. The molecule has 0 atom stereocenters. The van der Waals surface area contributed by atoms with Crippen LogP contribution in [0.2, 0.25) is 5.02 Å². The SMILES string of the molecule is CCNC(=O)CNS(=O)(=O)c1cc([N+](=O)[O-])ccc1Cl.